The van der Waals surface area contributed by atoms with Gasteiger partial charge in [0.2, 0.25) is 0 Å². The maximum atomic E-state index is 12.4. The van der Waals surface area contributed by atoms with E-state index in [1.165, 1.54) is 12.1 Å². The predicted molar refractivity (Wildman–Crippen MR) is 64.2 cm³/mol. The van der Waals surface area contributed by atoms with Crippen molar-refractivity contribution >= 4 is 0 Å². The van der Waals surface area contributed by atoms with Crippen LogP contribution in [0.15, 0.2) is 24.3 Å². The van der Waals surface area contributed by atoms with Crippen LogP contribution < -0.4 is 10.6 Å². The van der Waals surface area contributed by atoms with Crippen molar-refractivity contribution < 1.29 is 13.2 Å². The van der Waals surface area contributed by atoms with E-state index in [9.17, 15) is 13.2 Å². The summed E-state index contributed by atoms with van der Waals surface area (Å²) in [7, 11) is 0. The molecule has 0 spiro atoms. The highest BCUT2D eigenvalue weighted by Crippen LogP contribution is 2.29. The molecule has 2 nitrogen and oxygen atoms in total. The molecule has 0 aliphatic carbocycles. The van der Waals surface area contributed by atoms with E-state index in [1.807, 2.05) is 0 Å². The van der Waals surface area contributed by atoms with Crippen LogP contribution in [0.3, 0.4) is 0 Å². The third kappa shape index (κ3) is 3.71. The quantitative estimate of drug-likeness (QED) is 0.870. The van der Waals surface area contributed by atoms with Gasteiger partial charge in [-0.1, -0.05) is 12.1 Å². The normalized spacial score (nSPS) is 20.9. The van der Waals surface area contributed by atoms with Gasteiger partial charge in [-0.05, 0) is 37.1 Å². The van der Waals surface area contributed by atoms with E-state index in [-0.39, 0.29) is 0 Å². The monoisotopic (exact) mass is 258 g/mol. The Labute approximate surface area is 105 Å². The Kier molecular flexibility index (Phi) is 4.24. The Morgan fingerprint density at radius 1 is 1.22 bits per heavy atom. The van der Waals surface area contributed by atoms with Gasteiger partial charge < -0.3 is 10.6 Å². The molecule has 0 saturated carbocycles. The Balaban J connectivity index is 1.86. The highest BCUT2D eigenvalue weighted by Gasteiger charge is 2.29. The molecule has 0 aromatic heterocycles. The largest absolute Gasteiger partial charge is 0.416 e. The van der Waals surface area contributed by atoms with Crippen LogP contribution in [0.25, 0.3) is 0 Å². The van der Waals surface area contributed by atoms with Gasteiger partial charge in [0.05, 0.1) is 5.56 Å². The zero-order chi connectivity index (χ0) is 13.0. The molecule has 1 saturated heterocycles. The Hall–Kier alpha value is -1.07. The van der Waals surface area contributed by atoms with E-state index < -0.39 is 11.7 Å². The lowest BCUT2D eigenvalue weighted by molar-refractivity contribution is -0.137. The molecule has 0 radical (unpaired) electrons. The number of halogens is 3. The van der Waals surface area contributed by atoms with E-state index in [4.69, 9.17) is 0 Å². The van der Waals surface area contributed by atoms with Crippen LogP contribution in [0.2, 0.25) is 0 Å². The smallest absolute Gasteiger partial charge is 0.315 e. The standard InChI is InChI=1S/C13H17F3N2/c14-13(15,16)11-5-3-10(4-6-11)8-18-12-2-1-7-17-9-12/h3-6,12,17-18H,1-2,7-9H2. The summed E-state index contributed by atoms with van der Waals surface area (Å²) < 4.78 is 37.1. The molecule has 2 N–H and O–H groups in total. The lowest BCUT2D eigenvalue weighted by Crippen LogP contribution is -2.42. The van der Waals surface area contributed by atoms with Crippen molar-refractivity contribution in [2.75, 3.05) is 13.1 Å². The molecule has 1 aliphatic rings. The SMILES string of the molecule is FC(F)(F)c1ccc(CNC2CCCNC2)cc1. The van der Waals surface area contributed by atoms with E-state index >= 15 is 0 Å². The van der Waals surface area contributed by atoms with Gasteiger partial charge in [0.15, 0.2) is 0 Å². The zero-order valence-corrected chi connectivity index (χ0v) is 10.1. The van der Waals surface area contributed by atoms with Crippen LogP contribution in [0, 0.1) is 0 Å². The van der Waals surface area contributed by atoms with Gasteiger partial charge in [-0.25, -0.2) is 0 Å². The maximum absolute atomic E-state index is 12.4. The summed E-state index contributed by atoms with van der Waals surface area (Å²) in [6.45, 7) is 2.60. The first kappa shape index (κ1) is 13.4. The fourth-order valence-electron chi connectivity index (χ4n) is 2.10. The maximum Gasteiger partial charge on any atom is 0.416 e. The minimum absolute atomic E-state index is 0.418. The van der Waals surface area contributed by atoms with Gasteiger partial charge >= 0.3 is 6.18 Å². The van der Waals surface area contributed by atoms with Gasteiger partial charge in [0.1, 0.15) is 0 Å². The van der Waals surface area contributed by atoms with Crippen LogP contribution in [0.1, 0.15) is 24.0 Å². The Morgan fingerprint density at radius 2 is 1.94 bits per heavy atom. The average Bonchev–Trinajstić information content (AvgIpc) is 2.37. The molecule has 1 fully saturated rings. The molecule has 1 heterocycles. The first-order valence-electron chi connectivity index (χ1n) is 6.16. The van der Waals surface area contributed by atoms with E-state index in [0.717, 1.165) is 43.6 Å². The van der Waals surface area contributed by atoms with Crippen molar-refractivity contribution in [1.82, 2.24) is 10.6 Å². The second kappa shape index (κ2) is 5.71. The van der Waals surface area contributed by atoms with Crippen LogP contribution >= 0.6 is 0 Å². The lowest BCUT2D eigenvalue weighted by atomic mass is 10.1. The predicted octanol–water partition coefficient (Wildman–Crippen LogP) is 2.55. The molecule has 0 amide bonds. The van der Waals surface area contributed by atoms with Crippen molar-refractivity contribution in [1.29, 1.82) is 0 Å². The van der Waals surface area contributed by atoms with Gasteiger partial charge in [0, 0.05) is 19.1 Å². The molecule has 1 atom stereocenters. The van der Waals surface area contributed by atoms with Gasteiger partial charge in [-0.3, -0.25) is 0 Å². The molecule has 0 bridgehead atoms. The molecule has 2 rings (SSSR count). The van der Waals surface area contributed by atoms with E-state index in [0.29, 0.717) is 12.6 Å². The van der Waals surface area contributed by atoms with Crippen LogP contribution in [0.4, 0.5) is 13.2 Å². The van der Waals surface area contributed by atoms with E-state index in [2.05, 4.69) is 10.6 Å². The van der Waals surface area contributed by atoms with Crippen molar-refractivity contribution in [3.63, 3.8) is 0 Å². The van der Waals surface area contributed by atoms with Gasteiger partial charge in [-0.2, -0.15) is 13.2 Å². The van der Waals surface area contributed by atoms with Gasteiger partial charge in [-0.15, -0.1) is 0 Å². The van der Waals surface area contributed by atoms with Gasteiger partial charge in [0.25, 0.3) is 0 Å². The van der Waals surface area contributed by atoms with E-state index in [1.54, 1.807) is 0 Å². The molecular formula is C13H17F3N2. The fourth-order valence-corrected chi connectivity index (χ4v) is 2.10. The second-order valence-electron chi connectivity index (χ2n) is 4.62. The molecule has 1 aliphatic heterocycles. The van der Waals surface area contributed by atoms with Crippen molar-refractivity contribution in [3.8, 4) is 0 Å². The molecule has 1 aromatic rings. The highest BCUT2D eigenvalue weighted by molar-refractivity contribution is 5.24. The van der Waals surface area contributed by atoms with Crippen LogP contribution in [0.5, 0.6) is 0 Å². The molecule has 100 valence electrons. The van der Waals surface area contributed by atoms with Crippen molar-refractivity contribution in [2.45, 2.75) is 31.6 Å². The number of hydrogen-bond donors (Lipinski definition) is 2. The number of alkyl halides is 3. The number of rotatable bonds is 3. The number of nitrogens with one attached hydrogen (secondary N) is 2. The number of piperidine rings is 1. The second-order valence-corrected chi connectivity index (χ2v) is 4.62. The molecule has 5 heteroatoms. The van der Waals surface area contributed by atoms with Crippen LogP contribution in [-0.2, 0) is 12.7 Å². The molecule has 1 aromatic carbocycles. The molecule has 18 heavy (non-hydrogen) atoms. The average molecular weight is 258 g/mol. The Bertz CT molecular complexity index is 367. The topological polar surface area (TPSA) is 24.1 Å². The first-order valence-corrected chi connectivity index (χ1v) is 6.16. The first-order chi connectivity index (χ1) is 8.55. The number of hydrogen-bond acceptors (Lipinski definition) is 2. The van der Waals surface area contributed by atoms with Crippen molar-refractivity contribution in [2.24, 2.45) is 0 Å². The number of benzene rings is 1. The summed E-state index contributed by atoms with van der Waals surface area (Å²) in [5.41, 5.74) is 0.291. The summed E-state index contributed by atoms with van der Waals surface area (Å²) in [4.78, 5) is 0. The Morgan fingerprint density at radius 3 is 2.50 bits per heavy atom. The summed E-state index contributed by atoms with van der Waals surface area (Å²) in [5, 5.41) is 6.64. The zero-order valence-electron chi connectivity index (χ0n) is 10.1. The summed E-state index contributed by atoms with van der Waals surface area (Å²) in [6.07, 6.45) is -1.99. The third-order valence-electron chi connectivity index (χ3n) is 3.17. The highest BCUT2D eigenvalue weighted by atomic mass is 19.4. The fraction of sp³-hybridized carbons (Fsp3) is 0.538. The molecule has 1 unspecified atom stereocenters. The summed E-state index contributed by atoms with van der Waals surface area (Å²) in [5.74, 6) is 0. The van der Waals surface area contributed by atoms with Crippen molar-refractivity contribution in [3.05, 3.63) is 35.4 Å². The third-order valence-corrected chi connectivity index (χ3v) is 3.17. The molecular weight excluding hydrogens is 241 g/mol. The minimum atomic E-state index is -4.25. The summed E-state index contributed by atoms with van der Waals surface area (Å²) in [6, 6.07) is 5.76. The minimum Gasteiger partial charge on any atom is -0.315 e. The lowest BCUT2D eigenvalue weighted by Gasteiger charge is -2.24. The van der Waals surface area contributed by atoms with Crippen LogP contribution in [-0.4, -0.2) is 19.1 Å². The summed E-state index contributed by atoms with van der Waals surface area (Å²) >= 11 is 0.